The highest BCUT2D eigenvalue weighted by atomic mass is 16.3. The summed E-state index contributed by atoms with van der Waals surface area (Å²) in [5, 5.41) is 0.426. The molecule has 0 saturated heterocycles. The summed E-state index contributed by atoms with van der Waals surface area (Å²) in [6.45, 7) is 4.29. The zero-order valence-electron chi connectivity index (χ0n) is 84.3. The molecule has 103 heavy (non-hydrogen) atoms. The van der Waals surface area contributed by atoms with Crippen LogP contribution >= 0.6 is 0 Å². The highest BCUT2D eigenvalue weighted by Gasteiger charge is 2.46. The molecule has 6 aromatic heterocycles. The Hall–Kier alpha value is -13.2. The summed E-state index contributed by atoms with van der Waals surface area (Å²) in [6, 6.07) is 16.6. The second kappa shape index (κ2) is 20.7. The minimum atomic E-state index is -1.32. The molecule has 2 aliphatic rings. The van der Waals surface area contributed by atoms with Gasteiger partial charge in [-0.25, -0.2) is 0 Å². The van der Waals surface area contributed by atoms with Gasteiger partial charge in [0.2, 0.25) is 0 Å². The number of rotatable bonds is 6. The highest BCUT2D eigenvalue weighted by Crippen LogP contribution is 2.53. The van der Waals surface area contributed by atoms with E-state index >= 15 is 0 Å². The van der Waals surface area contributed by atoms with E-state index in [9.17, 15) is 35.6 Å². The Bertz CT molecular complexity index is 8530. The lowest BCUT2D eigenvalue weighted by molar-refractivity contribution is 0.590. The lowest BCUT2D eigenvalue weighted by Gasteiger charge is -2.45. The molecule has 9 heteroatoms. The van der Waals surface area contributed by atoms with Gasteiger partial charge in [-0.15, -0.1) is 0 Å². The Morgan fingerprint density at radius 1 is 0.282 bits per heavy atom. The number of aromatic nitrogens is 4. The summed E-state index contributed by atoms with van der Waals surface area (Å²) in [6.07, 6.45) is 0. The van der Waals surface area contributed by atoms with E-state index in [1.807, 2.05) is 45.0 Å². The average molecular weight is 1350 g/mol. The van der Waals surface area contributed by atoms with Gasteiger partial charge in [0, 0.05) is 111 Å². The minimum Gasteiger partial charge on any atom is -0.456 e. The summed E-state index contributed by atoms with van der Waals surface area (Å²) in [7, 11) is 0. The van der Waals surface area contributed by atoms with Crippen molar-refractivity contribution in [1.82, 2.24) is 18.3 Å². The van der Waals surface area contributed by atoms with Gasteiger partial charge in [-0.3, -0.25) is 0 Å². The smallest absolute Gasteiger partial charge is 0.252 e. The minimum absolute atomic E-state index is 0.00222. The molecule has 23 rings (SSSR count). The third-order valence-electron chi connectivity index (χ3n) is 20.6. The molecule has 0 bridgehead atoms. The van der Waals surface area contributed by atoms with Crippen LogP contribution in [0.4, 0.5) is 34.1 Å². The quantitative estimate of drug-likeness (QED) is 0.156. The molecule has 0 unspecified atom stereocenters. The van der Waals surface area contributed by atoms with Crippen LogP contribution in [-0.4, -0.2) is 25.0 Å². The number of fused-ring (bicyclic) bond motifs is 22. The van der Waals surface area contributed by atoms with E-state index in [4.69, 9.17) is 14.3 Å². The van der Waals surface area contributed by atoms with E-state index < -0.39 is 193 Å². The number of hydrogen-bond donors (Lipinski definition) is 0. The lowest BCUT2D eigenvalue weighted by Crippen LogP contribution is -2.61. The molecule has 15 aromatic carbocycles. The first-order valence-corrected chi connectivity index (χ1v) is 33.2. The molecule has 0 amide bonds. The number of hydrogen-bond acceptors (Lipinski definition) is 4. The fourth-order valence-electron chi connectivity index (χ4n) is 16.2. The standard InChI is InChI=1S/C94H61BN6O2/c1-94(2,3)56-50-85-91-86(51-56)101(82-39-21-31-72-66-27-9-17-37-80(66)99(93(72)82)60-43-47-70-68-29-11-19-41-88(68)103-90(70)55-60)84-53-58(97-77-34-14-6-24-63(77)64-25-7-15-35-78(64)97)45-49-74(84)95(91)73-48-44-57(96-75-32-12-4-22-61(75)62-23-5-13-33-76(62)96)52-83(73)100(85)81-38-20-30-71-65-26-8-16-36-79(65)98(92(71)81)59-42-46-69-67-28-10-18-40-87(67)102-89(69)54-59/h4-55H,1-3H3/i4D,5D,6D,7D,8D,9D,12D,13D,14D,15D,16D,17D,20D,21D,22D,23D,24D,25D,26D,27D,30D,31D,32D,33D,34D,35D,36D,37D,38D,39D. The van der Waals surface area contributed by atoms with Gasteiger partial charge in [-0.1, -0.05) is 202 Å². The van der Waals surface area contributed by atoms with Crippen LogP contribution in [0.2, 0.25) is 0 Å². The number of furan rings is 2. The van der Waals surface area contributed by atoms with E-state index in [2.05, 4.69) is 0 Å². The van der Waals surface area contributed by atoms with Crippen molar-refractivity contribution in [3.05, 3.63) is 320 Å². The molecule has 0 saturated carbocycles. The van der Waals surface area contributed by atoms with Gasteiger partial charge < -0.3 is 36.9 Å². The fourth-order valence-corrected chi connectivity index (χ4v) is 16.2. The SMILES string of the molecule is [2H]c1c([2H])c([2H])c2c(c1[2H])c1c([2H])c([2H])c([2H])c([2H])c1n2-c1ccc2c(c1)N(c1c([2H])c([2H])c([2H])c3c4c([2H])c([2H])c([2H])c([2H])c4n(-c4ccc5c(c4)oc4ccccc45)c13)c1cc(C(C)(C)C)cc3c1B2c1ccc(-n2c4c([2H])c([2H])c([2H])c([2H])c4c4c([2H])c([2H])c([2H])c([2H])c42)cc1N3c1c([2H])c([2H])c([2H])c2c3c([2H])c([2H])c([2H])c([2H])c3n(-c3ccc4c(c3)oc3ccccc34)c12. The summed E-state index contributed by atoms with van der Waals surface area (Å²) >= 11 is 0. The Morgan fingerprint density at radius 3 is 1.01 bits per heavy atom. The van der Waals surface area contributed by atoms with Crippen molar-refractivity contribution in [2.24, 2.45) is 0 Å². The predicted molar refractivity (Wildman–Crippen MR) is 431 cm³/mol. The van der Waals surface area contributed by atoms with E-state index in [0.717, 1.165) is 0 Å². The maximum absolute atomic E-state index is 11.0. The third-order valence-corrected chi connectivity index (χ3v) is 20.6. The third kappa shape index (κ3) is 7.80. The van der Waals surface area contributed by atoms with Gasteiger partial charge in [-0.2, -0.15) is 0 Å². The first kappa shape index (κ1) is 35.2. The van der Waals surface area contributed by atoms with Crippen LogP contribution in [0, 0.1) is 0 Å². The topological polar surface area (TPSA) is 52.5 Å². The van der Waals surface area contributed by atoms with Crippen LogP contribution < -0.4 is 26.2 Å². The molecule has 0 fully saturated rings. The van der Waals surface area contributed by atoms with E-state index in [-0.39, 0.29) is 172 Å². The first-order valence-electron chi connectivity index (χ1n) is 48.2. The van der Waals surface area contributed by atoms with Gasteiger partial charge >= 0.3 is 0 Å². The molecule has 8 heterocycles. The van der Waals surface area contributed by atoms with E-state index in [1.165, 1.54) is 30.4 Å². The van der Waals surface area contributed by atoms with Crippen LogP contribution in [0.1, 0.15) is 67.5 Å². The van der Waals surface area contributed by atoms with Gasteiger partial charge in [0.15, 0.2) is 0 Å². The molecule has 0 radical (unpaired) electrons. The summed E-state index contributed by atoms with van der Waals surface area (Å²) in [4.78, 5) is 3.19. The maximum atomic E-state index is 11.0. The second-order valence-electron chi connectivity index (χ2n) is 26.9. The summed E-state index contributed by atoms with van der Waals surface area (Å²) in [5.41, 5.74) is -0.955. The molecule has 2 aliphatic heterocycles. The van der Waals surface area contributed by atoms with Crippen LogP contribution in [0.15, 0.2) is 324 Å². The zero-order chi connectivity index (χ0) is 93.8. The molecule has 21 aromatic rings. The number of para-hydroxylation sites is 10. The van der Waals surface area contributed by atoms with Crippen LogP contribution in [0.25, 0.3) is 154 Å². The van der Waals surface area contributed by atoms with Crippen molar-refractivity contribution >= 4 is 188 Å². The van der Waals surface area contributed by atoms with E-state index in [1.54, 1.807) is 107 Å². The Balaban J connectivity index is 0.949. The molecule has 0 aliphatic carbocycles. The average Bonchev–Trinajstić information content (AvgIpc) is 1.63. The van der Waals surface area contributed by atoms with Crippen LogP contribution in [0.3, 0.4) is 0 Å². The zero-order valence-corrected chi connectivity index (χ0v) is 54.3. The maximum Gasteiger partial charge on any atom is 0.252 e. The molecular weight excluding hydrogens is 1260 g/mol. The van der Waals surface area contributed by atoms with Crippen LogP contribution in [-0.2, 0) is 5.41 Å². The van der Waals surface area contributed by atoms with Crippen molar-refractivity contribution in [1.29, 1.82) is 0 Å². The molecule has 0 spiro atoms. The summed E-state index contributed by atoms with van der Waals surface area (Å²) in [5.74, 6) is 0. The van der Waals surface area contributed by atoms with Crippen molar-refractivity contribution in [3.8, 4) is 22.7 Å². The number of anilines is 6. The highest BCUT2D eigenvalue weighted by molar-refractivity contribution is 7.00. The molecule has 0 N–H and O–H groups in total. The van der Waals surface area contributed by atoms with Gasteiger partial charge in [0.25, 0.3) is 6.71 Å². The van der Waals surface area contributed by atoms with Crippen molar-refractivity contribution in [3.63, 3.8) is 0 Å². The van der Waals surface area contributed by atoms with Crippen molar-refractivity contribution in [2.45, 2.75) is 26.2 Å². The first-order chi connectivity index (χ1) is 63.2. The van der Waals surface area contributed by atoms with Gasteiger partial charge in [0.1, 0.15) is 22.3 Å². The Labute approximate surface area is 633 Å². The molecular formula is C94H61BN6O2. The van der Waals surface area contributed by atoms with E-state index in [0.29, 0.717) is 38.3 Å². The summed E-state index contributed by atoms with van der Waals surface area (Å²) < 4.78 is 311. The fraction of sp³-hybridized carbons (Fsp3) is 0.0426. The molecule has 482 valence electrons. The number of nitrogens with zero attached hydrogens (tertiary/aromatic N) is 6. The van der Waals surface area contributed by atoms with Gasteiger partial charge in [0.05, 0.1) is 108 Å². The lowest BCUT2D eigenvalue weighted by atomic mass is 9.33. The largest absolute Gasteiger partial charge is 0.456 e. The number of benzene rings is 15. The molecule has 0 atom stereocenters. The molecule has 8 nitrogen and oxygen atoms in total. The Morgan fingerprint density at radius 2 is 0.612 bits per heavy atom. The normalized spacial score (nSPS) is 17.2. The Kier molecular flexibility index (Phi) is 7.07. The van der Waals surface area contributed by atoms with Crippen molar-refractivity contribution in [2.75, 3.05) is 9.80 Å². The van der Waals surface area contributed by atoms with Gasteiger partial charge in [-0.05, 0) is 149 Å². The van der Waals surface area contributed by atoms with Crippen molar-refractivity contribution < 1.29 is 50.0 Å². The second-order valence-corrected chi connectivity index (χ2v) is 26.9. The monoisotopic (exact) mass is 1350 g/mol. The predicted octanol–water partition coefficient (Wildman–Crippen LogP) is 23.3. The van der Waals surface area contributed by atoms with Crippen LogP contribution in [0.5, 0.6) is 0 Å².